The Morgan fingerprint density at radius 3 is 2.88 bits per heavy atom. The molecule has 1 aliphatic rings. The van der Waals surface area contributed by atoms with E-state index in [0.717, 1.165) is 26.1 Å². The molecular formula is C11H15BrFN3. The van der Waals surface area contributed by atoms with Crippen LogP contribution in [0.1, 0.15) is 13.3 Å². The Bertz CT molecular complexity index is 368. The van der Waals surface area contributed by atoms with E-state index in [1.807, 2.05) is 0 Å². The Morgan fingerprint density at radius 1 is 1.62 bits per heavy atom. The Hall–Kier alpha value is -0.680. The highest BCUT2D eigenvalue weighted by atomic mass is 79.9. The summed E-state index contributed by atoms with van der Waals surface area (Å²) in [6.45, 7) is 4.77. The minimum absolute atomic E-state index is 0.255. The zero-order valence-corrected chi connectivity index (χ0v) is 10.8. The third-order valence-electron chi connectivity index (χ3n) is 2.73. The second kappa shape index (κ2) is 5.10. The van der Waals surface area contributed by atoms with E-state index < -0.39 is 0 Å². The molecule has 1 aromatic heterocycles. The number of hydrogen-bond donors (Lipinski definition) is 1. The molecule has 0 bridgehead atoms. The topological polar surface area (TPSA) is 28.2 Å². The SMILES string of the molecule is CCCN(c1ncc(Br)cc1F)C1CNC1. The van der Waals surface area contributed by atoms with Crippen molar-refractivity contribution in [2.45, 2.75) is 19.4 Å². The standard InChI is InChI=1S/C11H15BrFN3/c1-2-3-16(9-6-14-7-9)11-10(13)4-8(12)5-15-11/h4-5,9,14H,2-3,6-7H2,1H3. The van der Waals surface area contributed by atoms with Crippen LogP contribution in [0.15, 0.2) is 16.7 Å². The molecule has 88 valence electrons. The quantitative estimate of drug-likeness (QED) is 0.920. The van der Waals surface area contributed by atoms with E-state index in [0.29, 0.717) is 16.3 Å². The van der Waals surface area contributed by atoms with Crippen LogP contribution in [0, 0.1) is 5.82 Å². The van der Waals surface area contributed by atoms with Gasteiger partial charge in [0, 0.05) is 30.3 Å². The van der Waals surface area contributed by atoms with Crippen LogP contribution in [0.5, 0.6) is 0 Å². The normalized spacial score (nSPS) is 15.9. The summed E-state index contributed by atoms with van der Waals surface area (Å²) >= 11 is 3.22. The Labute approximate surface area is 103 Å². The molecule has 0 aromatic carbocycles. The van der Waals surface area contributed by atoms with Crippen molar-refractivity contribution in [3.63, 3.8) is 0 Å². The number of aromatic nitrogens is 1. The number of anilines is 1. The van der Waals surface area contributed by atoms with Crippen LogP contribution in [0.25, 0.3) is 0 Å². The molecule has 1 aliphatic heterocycles. The summed E-state index contributed by atoms with van der Waals surface area (Å²) in [6, 6.07) is 1.85. The van der Waals surface area contributed by atoms with Gasteiger partial charge in [-0.2, -0.15) is 0 Å². The van der Waals surface area contributed by atoms with Gasteiger partial charge in [0.25, 0.3) is 0 Å². The summed E-state index contributed by atoms with van der Waals surface area (Å²) in [5, 5.41) is 3.20. The summed E-state index contributed by atoms with van der Waals surface area (Å²) in [5.41, 5.74) is 0. The molecule has 16 heavy (non-hydrogen) atoms. The van der Waals surface area contributed by atoms with E-state index >= 15 is 0 Å². The van der Waals surface area contributed by atoms with Crippen LogP contribution in [0.3, 0.4) is 0 Å². The summed E-state index contributed by atoms with van der Waals surface area (Å²) in [7, 11) is 0. The molecule has 1 N–H and O–H groups in total. The van der Waals surface area contributed by atoms with E-state index in [1.165, 1.54) is 6.07 Å². The maximum Gasteiger partial charge on any atom is 0.166 e. The van der Waals surface area contributed by atoms with Crippen molar-refractivity contribution >= 4 is 21.7 Å². The summed E-state index contributed by atoms with van der Waals surface area (Å²) in [5.74, 6) is 0.214. The molecule has 5 heteroatoms. The molecule has 1 fully saturated rings. The number of nitrogens with one attached hydrogen (secondary N) is 1. The van der Waals surface area contributed by atoms with E-state index in [9.17, 15) is 4.39 Å². The van der Waals surface area contributed by atoms with Crippen molar-refractivity contribution in [3.8, 4) is 0 Å². The minimum atomic E-state index is -0.255. The number of halogens is 2. The van der Waals surface area contributed by atoms with Gasteiger partial charge in [-0.1, -0.05) is 6.92 Å². The van der Waals surface area contributed by atoms with Crippen molar-refractivity contribution in [1.29, 1.82) is 0 Å². The molecule has 0 amide bonds. The molecule has 2 rings (SSSR count). The van der Waals surface area contributed by atoms with Gasteiger partial charge in [0.2, 0.25) is 0 Å². The van der Waals surface area contributed by atoms with Crippen LogP contribution in [-0.4, -0.2) is 30.7 Å². The van der Waals surface area contributed by atoms with E-state index in [2.05, 4.69) is 38.1 Å². The molecule has 0 spiro atoms. The van der Waals surface area contributed by atoms with Gasteiger partial charge in [0.15, 0.2) is 11.6 Å². The predicted molar refractivity (Wildman–Crippen MR) is 66.2 cm³/mol. The van der Waals surface area contributed by atoms with Crippen molar-refractivity contribution in [2.24, 2.45) is 0 Å². The monoisotopic (exact) mass is 287 g/mol. The smallest absolute Gasteiger partial charge is 0.166 e. The average Bonchev–Trinajstić information content (AvgIpc) is 2.14. The lowest BCUT2D eigenvalue weighted by Crippen LogP contribution is -2.58. The van der Waals surface area contributed by atoms with Crippen LogP contribution < -0.4 is 10.2 Å². The van der Waals surface area contributed by atoms with Gasteiger partial charge in [0.1, 0.15) is 0 Å². The lowest BCUT2D eigenvalue weighted by molar-refractivity contribution is 0.405. The van der Waals surface area contributed by atoms with Crippen LogP contribution in [0.2, 0.25) is 0 Å². The maximum atomic E-state index is 13.8. The average molecular weight is 288 g/mol. The molecule has 2 heterocycles. The molecule has 0 aliphatic carbocycles. The number of pyridine rings is 1. The number of nitrogens with zero attached hydrogens (tertiary/aromatic N) is 2. The molecular weight excluding hydrogens is 273 g/mol. The van der Waals surface area contributed by atoms with Crippen molar-refractivity contribution in [1.82, 2.24) is 10.3 Å². The van der Waals surface area contributed by atoms with Crippen LogP contribution in [0.4, 0.5) is 10.2 Å². The van der Waals surface area contributed by atoms with E-state index in [4.69, 9.17) is 0 Å². The zero-order chi connectivity index (χ0) is 11.5. The van der Waals surface area contributed by atoms with Crippen LogP contribution >= 0.6 is 15.9 Å². The zero-order valence-electron chi connectivity index (χ0n) is 9.21. The Kier molecular flexibility index (Phi) is 3.76. The fourth-order valence-corrected chi connectivity index (χ4v) is 2.12. The Morgan fingerprint density at radius 2 is 2.38 bits per heavy atom. The largest absolute Gasteiger partial charge is 0.349 e. The van der Waals surface area contributed by atoms with Crippen molar-refractivity contribution in [3.05, 3.63) is 22.6 Å². The molecule has 0 radical (unpaired) electrons. The third kappa shape index (κ3) is 2.35. The first kappa shape index (κ1) is 11.8. The lowest BCUT2D eigenvalue weighted by Gasteiger charge is -2.39. The molecule has 1 saturated heterocycles. The van der Waals surface area contributed by atoms with Crippen molar-refractivity contribution < 1.29 is 4.39 Å². The highest BCUT2D eigenvalue weighted by Gasteiger charge is 2.26. The number of rotatable bonds is 4. The van der Waals surface area contributed by atoms with Crippen LogP contribution in [-0.2, 0) is 0 Å². The highest BCUT2D eigenvalue weighted by Crippen LogP contribution is 2.23. The first-order valence-corrected chi connectivity index (χ1v) is 6.30. The van der Waals surface area contributed by atoms with Gasteiger partial charge < -0.3 is 10.2 Å². The van der Waals surface area contributed by atoms with Crippen molar-refractivity contribution in [2.75, 3.05) is 24.5 Å². The first-order valence-electron chi connectivity index (χ1n) is 5.50. The fraction of sp³-hybridized carbons (Fsp3) is 0.545. The van der Waals surface area contributed by atoms with Gasteiger partial charge in [-0.15, -0.1) is 0 Å². The minimum Gasteiger partial charge on any atom is -0.349 e. The lowest BCUT2D eigenvalue weighted by atomic mass is 10.1. The molecule has 0 atom stereocenters. The third-order valence-corrected chi connectivity index (χ3v) is 3.16. The summed E-state index contributed by atoms with van der Waals surface area (Å²) in [6.07, 6.45) is 2.64. The van der Waals surface area contributed by atoms with Gasteiger partial charge in [0.05, 0.1) is 6.04 Å². The predicted octanol–water partition coefficient (Wildman–Crippen LogP) is 2.17. The second-order valence-electron chi connectivity index (χ2n) is 3.96. The van der Waals surface area contributed by atoms with E-state index in [-0.39, 0.29) is 5.82 Å². The summed E-state index contributed by atoms with van der Waals surface area (Å²) in [4.78, 5) is 6.23. The maximum absolute atomic E-state index is 13.8. The molecule has 3 nitrogen and oxygen atoms in total. The van der Waals surface area contributed by atoms with Gasteiger partial charge >= 0.3 is 0 Å². The number of hydrogen-bond acceptors (Lipinski definition) is 3. The highest BCUT2D eigenvalue weighted by molar-refractivity contribution is 9.10. The second-order valence-corrected chi connectivity index (χ2v) is 4.88. The van der Waals surface area contributed by atoms with Gasteiger partial charge in [-0.05, 0) is 28.4 Å². The fourth-order valence-electron chi connectivity index (χ4n) is 1.81. The van der Waals surface area contributed by atoms with Gasteiger partial charge in [-0.25, -0.2) is 9.37 Å². The molecule has 1 aromatic rings. The van der Waals surface area contributed by atoms with E-state index in [1.54, 1.807) is 6.20 Å². The molecule has 0 saturated carbocycles. The summed E-state index contributed by atoms with van der Waals surface area (Å²) < 4.78 is 14.5. The Balaban J connectivity index is 2.23. The first-order chi connectivity index (χ1) is 7.72. The van der Waals surface area contributed by atoms with Gasteiger partial charge in [-0.3, -0.25) is 0 Å². The molecule has 0 unspecified atom stereocenters.